The fourth-order valence-corrected chi connectivity index (χ4v) is 2.96. The Labute approximate surface area is 116 Å². The fraction of sp³-hybridized carbons (Fsp3) is 0.167. The molecule has 5 N–H and O–H groups in total. The van der Waals surface area contributed by atoms with E-state index in [0.29, 0.717) is 16.6 Å². The maximum Gasteiger partial charge on any atom is 0.242 e. The van der Waals surface area contributed by atoms with Crippen molar-refractivity contribution in [2.24, 2.45) is 5.73 Å². The van der Waals surface area contributed by atoms with E-state index in [1.165, 1.54) is 18.3 Å². The lowest BCUT2D eigenvalue weighted by Crippen LogP contribution is -2.28. The second-order valence-corrected chi connectivity index (χ2v) is 5.90. The molecule has 0 spiro atoms. The van der Waals surface area contributed by atoms with E-state index in [-0.39, 0.29) is 17.9 Å². The topological polar surface area (TPSA) is 128 Å². The highest BCUT2D eigenvalue weighted by molar-refractivity contribution is 7.89. The normalized spacial score (nSPS) is 11.6. The maximum atomic E-state index is 12.2. The molecule has 0 saturated heterocycles. The molecule has 0 fully saturated rings. The third-order valence-electron chi connectivity index (χ3n) is 2.72. The molecule has 0 saturated carbocycles. The van der Waals surface area contributed by atoms with Crippen molar-refractivity contribution >= 4 is 32.5 Å². The van der Waals surface area contributed by atoms with Gasteiger partial charge >= 0.3 is 0 Å². The minimum Gasteiger partial charge on any atom is -0.398 e. The summed E-state index contributed by atoms with van der Waals surface area (Å²) in [6.07, 6.45) is 1.42. The molecule has 2 rings (SSSR count). The number of carbonyl (C=O) groups excluding carboxylic acids is 1. The molecule has 2 aromatic rings. The van der Waals surface area contributed by atoms with Crippen molar-refractivity contribution in [3.05, 3.63) is 30.5 Å². The van der Waals surface area contributed by atoms with E-state index in [9.17, 15) is 13.2 Å². The third-order valence-corrected chi connectivity index (χ3v) is 4.21. The zero-order chi connectivity index (χ0) is 14.8. The first-order chi connectivity index (χ1) is 9.42. The average Bonchev–Trinajstić information content (AvgIpc) is 2.38. The fourth-order valence-electron chi connectivity index (χ4n) is 1.77. The van der Waals surface area contributed by atoms with Crippen molar-refractivity contribution in [1.82, 2.24) is 9.71 Å². The molecular weight excluding hydrogens is 280 g/mol. The maximum absolute atomic E-state index is 12.2. The number of nitrogens with zero attached hydrogens (tertiary/aromatic N) is 1. The Kier molecular flexibility index (Phi) is 3.86. The molecule has 8 heteroatoms. The van der Waals surface area contributed by atoms with Crippen LogP contribution in [0.15, 0.2) is 35.4 Å². The van der Waals surface area contributed by atoms with E-state index in [2.05, 4.69) is 9.71 Å². The highest BCUT2D eigenvalue weighted by Gasteiger charge is 2.18. The van der Waals surface area contributed by atoms with Gasteiger partial charge in [-0.05, 0) is 24.3 Å². The number of nitrogen functional groups attached to an aromatic ring is 1. The summed E-state index contributed by atoms with van der Waals surface area (Å²) in [6.45, 7) is -0.0592. The predicted molar refractivity (Wildman–Crippen MR) is 75.2 cm³/mol. The van der Waals surface area contributed by atoms with Crippen molar-refractivity contribution in [1.29, 1.82) is 0 Å². The molecule has 1 aromatic heterocycles. The first-order valence-electron chi connectivity index (χ1n) is 5.83. The van der Waals surface area contributed by atoms with Crippen LogP contribution in [0.4, 0.5) is 5.69 Å². The van der Waals surface area contributed by atoms with Crippen LogP contribution in [0.3, 0.4) is 0 Å². The van der Waals surface area contributed by atoms with E-state index < -0.39 is 15.9 Å². The number of sulfonamides is 1. The number of nitrogens with two attached hydrogens (primary N) is 2. The molecule has 106 valence electrons. The first-order valence-corrected chi connectivity index (χ1v) is 7.31. The second-order valence-electron chi connectivity index (χ2n) is 4.17. The quantitative estimate of drug-likeness (QED) is 0.667. The summed E-state index contributed by atoms with van der Waals surface area (Å²) in [5.74, 6) is -0.576. The number of anilines is 1. The van der Waals surface area contributed by atoms with E-state index in [0.717, 1.165) is 0 Å². The van der Waals surface area contributed by atoms with Crippen molar-refractivity contribution in [2.45, 2.75) is 11.3 Å². The number of aromatic nitrogens is 1. The number of fused-ring (bicyclic) bond motifs is 1. The van der Waals surface area contributed by atoms with Crippen LogP contribution in [0.2, 0.25) is 0 Å². The van der Waals surface area contributed by atoms with Crippen LogP contribution in [-0.2, 0) is 14.8 Å². The number of hydrogen-bond acceptors (Lipinski definition) is 5. The summed E-state index contributed by atoms with van der Waals surface area (Å²) in [6, 6.07) is 6.26. The number of amides is 1. The van der Waals surface area contributed by atoms with E-state index in [1.807, 2.05) is 0 Å². The SMILES string of the molecule is NC(=O)CCNS(=O)(=O)c1ccc(N)c2cccnc12. The number of carbonyl (C=O) groups is 1. The Morgan fingerprint density at radius 1 is 1.30 bits per heavy atom. The van der Waals surface area contributed by atoms with E-state index >= 15 is 0 Å². The third kappa shape index (κ3) is 2.86. The van der Waals surface area contributed by atoms with Crippen molar-refractivity contribution in [3.8, 4) is 0 Å². The van der Waals surface area contributed by atoms with Gasteiger partial charge in [-0.25, -0.2) is 13.1 Å². The molecule has 0 atom stereocenters. The number of primary amides is 1. The number of benzene rings is 1. The van der Waals surface area contributed by atoms with Gasteiger partial charge in [0.25, 0.3) is 0 Å². The lowest BCUT2D eigenvalue weighted by Gasteiger charge is -2.09. The summed E-state index contributed by atoms with van der Waals surface area (Å²) >= 11 is 0. The van der Waals surface area contributed by atoms with Gasteiger partial charge in [0.1, 0.15) is 4.90 Å². The van der Waals surface area contributed by atoms with Gasteiger partial charge in [0.2, 0.25) is 15.9 Å². The van der Waals surface area contributed by atoms with Crippen LogP contribution >= 0.6 is 0 Å². The highest BCUT2D eigenvalue weighted by atomic mass is 32.2. The highest BCUT2D eigenvalue weighted by Crippen LogP contribution is 2.25. The van der Waals surface area contributed by atoms with Crippen LogP contribution in [0, 0.1) is 0 Å². The van der Waals surface area contributed by atoms with Gasteiger partial charge in [-0.1, -0.05) is 0 Å². The lowest BCUT2D eigenvalue weighted by atomic mass is 10.2. The minimum absolute atomic E-state index is 0.0202. The van der Waals surface area contributed by atoms with Gasteiger partial charge in [-0.2, -0.15) is 0 Å². The van der Waals surface area contributed by atoms with E-state index in [1.54, 1.807) is 12.1 Å². The molecule has 0 aliphatic rings. The van der Waals surface area contributed by atoms with Crippen molar-refractivity contribution in [2.75, 3.05) is 12.3 Å². The minimum atomic E-state index is -3.78. The Balaban J connectivity index is 2.42. The van der Waals surface area contributed by atoms with Gasteiger partial charge in [0, 0.05) is 30.2 Å². The van der Waals surface area contributed by atoms with Crippen LogP contribution in [0.5, 0.6) is 0 Å². The van der Waals surface area contributed by atoms with Crippen LogP contribution in [0.1, 0.15) is 6.42 Å². The summed E-state index contributed by atoms with van der Waals surface area (Å²) in [5.41, 5.74) is 11.5. The summed E-state index contributed by atoms with van der Waals surface area (Å²) in [4.78, 5) is 14.7. The van der Waals surface area contributed by atoms with Crippen molar-refractivity contribution < 1.29 is 13.2 Å². The van der Waals surface area contributed by atoms with Gasteiger partial charge in [0.05, 0.1) is 5.52 Å². The Morgan fingerprint density at radius 2 is 2.05 bits per heavy atom. The molecule has 0 unspecified atom stereocenters. The standard InChI is InChI=1S/C12H14N4O3S/c13-9-3-4-10(12-8(9)2-1-6-15-12)20(18,19)16-7-5-11(14)17/h1-4,6,16H,5,7,13H2,(H2,14,17). The van der Waals surface area contributed by atoms with Crippen LogP contribution in [-0.4, -0.2) is 25.9 Å². The van der Waals surface area contributed by atoms with E-state index in [4.69, 9.17) is 11.5 Å². The molecule has 20 heavy (non-hydrogen) atoms. The van der Waals surface area contributed by atoms with Gasteiger partial charge in [-0.15, -0.1) is 0 Å². The smallest absolute Gasteiger partial charge is 0.242 e. The average molecular weight is 294 g/mol. The molecule has 1 aromatic carbocycles. The van der Waals surface area contributed by atoms with Crippen LogP contribution < -0.4 is 16.2 Å². The Morgan fingerprint density at radius 3 is 2.75 bits per heavy atom. The second kappa shape index (κ2) is 5.43. The largest absolute Gasteiger partial charge is 0.398 e. The van der Waals surface area contributed by atoms with Gasteiger partial charge in [0.15, 0.2) is 0 Å². The Hall–Kier alpha value is -2.19. The number of pyridine rings is 1. The molecule has 7 nitrogen and oxygen atoms in total. The molecule has 1 amide bonds. The summed E-state index contributed by atoms with van der Waals surface area (Å²) in [5, 5.41) is 0.560. The number of hydrogen-bond donors (Lipinski definition) is 3. The zero-order valence-corrected chi connectivity index (χ0v) is 11.4. The van der Waals surface area contributed by atoms with Gasteiger partial charge in [-0.3, -0.25) is 9.78 Å². The molecule has 0 aliphatic carbocycles. The molecular formula is C12H14N4O3S. The van der Waals surface area contributed by atoms with Crippen LogP contribution in [0.25, 0.3) is 10.9 Å². The molecule has 0 radical (unpaired) electrons. The Bertz CT molecular complexity index is 758. The predicted octanol–water partition coefficient (Wildman–Crippen LogP) is -0.0293. The zero-order valence-electron chi connectivity index (χ0n) is 10.5. The first kappa shape index (κ1) is 14.2. The molecule has 0 bridgehead atoms. The number of rotatable bonds is 5. The molecule has 0 aliphatic heterocycles. The lowest BCUT2D eigenvalue weighted by molar-refractivity contribution is -0.117. The number of nitrogens with one attached hydrogen (secondary N) is 1. The monoisotopic (exact) mass is 294 g/mol. The summed E-state index contributed by atoms with van der Waals surface area (Å²) < 4.78 is 26.7. The van der Waals surface area contributed by atoms with Gasteiger partial charge < -0.3 is 11.5 Å². The van der Waals surface area contributed by atoms with Crippen molar-refractivity contribution in [3.63, 3.8) is 0 Å². The summed E-state index contributed by atoms with van der Waals surface area (Å²) in [7, 11) is -3.78. The molecule has 1 heterocycles.